The zero-order chi connectivity index (χ0) is 20.4. The molecule has 0 N–H and O–H groups in total. The first kappa shape index (κ1) is 19.6. The first-order valence-corrected chi connectivity index (χ1v) is 9.39. The summed E-state index contributed by atoms with van der Waals surface area (Å²) in [6.07, 6.45) is 0. The third-order valence-electron chi connectivity index (χ3n) is 4.87. The molecule has 3 rings (SSSR count). The van der Waals surface area contributed by atoms with E-state index in [2.05, 4.69) is 0 Å². The van der Waals surface area contributed by atoms with Gasteiger partial charge in [-0.15, -0.1) is 0 Å². The van der Waals surface area contributed by atoms with Crippen LogP contribution >= 0.6 is 0 Å². The van der Waals surface area contributed by atoms with E-state index >= 15 is 0 Å². The Kier molecular flexibility index (Phi) is 5.49. The van der Waals surface area contributed by atoms with E-state index in [1.54, 1.807) is 11.8 Å². The Hall–Kier alpha value is -3.15. The maximum atomic E-state index is 13.0. The van der Waals surface area contributed by atoms with Crippen LogP contribution in [0.4, 0.5) is 16.2 Å². The summed E-state index contributed by atoms with van der Waals surface area (Å²) in [6, 6.07) is 15.5. The number of anilines is 2. The van der Waals surface area contributed by atoms with Crippen molar-refractivity contribution >= 4 is 29.2 Å². The lowest BCUT2D eigenvalue weighted by molar-refractivity contribution is -0.131. The van der Waals surface area contributed by atoms with Crippen LogP contribution in [-0.4, -0.2) is 41.4 Å². The Morgan fingerprint density at radius 3 is 2.21 bits per heavy atom. The monoisotopic (exact) mass is 379 g/mol. The summed E-state index contributed by atoms with van der Waals surface area (Å²) >= 11 is 0. The smallest absolute Gasteiger partial charge is 0.308 e. The van der Waals surface area contributed by atoms with E-state index in [0.717, 1.165) is 16.2 Å². The minimum atomic E-state index is -0.646. The van der Waals surface area contributed by atoms with E-state index in [0.29, 0.717) is 5.69 Å². The SMILES string of the molecule is Cc1ccc(N2C(=O)N(CC(=O)N(c3ccccc3)C(C)C)C(=O)[C@H]2C)cc1. The molecule has 1 aliphatic heterocycles. The lowest BCUT2D eigenvalue weighted by Gasteiger charge is -2.28. The van der Waals surface area contributed by atoms with Crippen molar-refractivity contribution in [3.8, 4) is 0 Å². The number of para-hydroxylation sites is 1. The molecule has 6 heteroatoms. The molecule has 4 amide bonds. The average molecular weight is 379 g/mol. The van der Waals surface area contributed by atoms with Crippen molar-refractivity contribution in [3.05, 3.63) is 60.2 Å². The molecule has 1 heterocycles. The van der Waals surface area contributed by atoms with E-state index < -0.39 is 12.1 Å². The van der Waals surface area contributed by atoms with E-state index in [9.17, 15) is 14.4 Å². The molecule has 2 aromatic rings. The molecule has 146 valence electrons. The van der Waals surface area contributed by atoms with Crippen LogP contribution in [0.1, 0.15) is 26.3 Å². The topological polar surface area (TPSA) is 60.9 Å². The number of carbonyl (C=O) groups excluding carboxylic acids is 3. The molecule has 1 aliphatic rings. The summed E-state index contributed by atoms with van der Waals surface area (Å²) in [7, 11) is 0. The third kappa shape index (κ3) is 3.63. The van der Waals surface area contributed by atoms with E-state index in [1.807, 2.05) is 75.4 Å². The highest BCUT2D eigenvalue weighted by Gasteiger charge is 2.44. The van der Waals surface area contributed by atoms with Gasteiger partial charge in [0.15, 0.2) is 0 Å². The fourth-order valence-electron chi connectivity index (χ4n) is 3.44. The molecule has 0 aromatic heterocycles. The van der Waals surface area contributed by atoms with Gasteiger partial charge in [0.05, 0.1) is 0 Å². The van der Waals surface area contributed by atoms with Crippen LogP contribution in [0.15, 0.2) is 54.6 Å². The summed E-state index contributed by atoms with van der Waals surface area (Å²) < 4.78 is 0. The van der Waals surface area contributed by atoms with Crippen molar-refractivity contribution in [2.45, 2.75) is 39.8 Å². The highest BCUT2D eigenvalue weighted by molar-refractivity contribution is 6.16. The lowest BCUT2D eigenvalue weighted by Crippen LogP contribution is -2.46. The van der Waals surface area contributed by atoms with Gasteiger partial charge < -0.3 is 4.90 Å². The van der Waals surface area contributed by atoms with E-state index in [-0.39, 0.29) is 24.4 Å². The molecule has 0 saturated carbocycles. The molecule has 0 bridgehead atoms. The largest absolute Gasteiger partial charge is 0.332 e. The van der Waals surface area contributed by atoms with Crippen molar-refractivity contribution in [2.24, 2.45) is 0 Å². The van der Waals surface area contributed by atoms with Gasteiger partial charge in [0, 0.05) is 17.4 Å². The van der Waals surface area contributed by atoms with Gasteiger partial charge >= 0.3 is 6.03 Å². The number of hydrogen-bond acceptors (Lipinski definition) is 3. The van der Waals surface area contributed by atoms with Crippen molar-refractivity contribution in [1.82, 2.24) is 4.90 Å². The molecule has 6 nitrogen and oxygen atoms in total. The minimum Gasteiger partial charge on any atom is -0.308 e. The van der Waals surface area contributed by atoms with Crippen LogP contribution in [0.3, 0.4) is 0 Å². The Balaban J connectivity index is 1.83. The second kappa shape index (κ2) is 7.84. The molecular weight excluding hydrogens is 354 g/mol. The van der Waals surface area contributed by atoms with Gasteiger partial charge in [-0.1, -0.05) is 35.9 Å². The number of benzene rings is 2. The maximum absolute atomic E-state index is 13.0. The normalized spacial score (nSPS) is 16.8. The first-order valence-electron chi connectivity index (χ1n) is 9.39. The summed E-state index contributed by atoms with van der Waals surface area (Å²) in [5.74, 6) is -0.656. The highest BCUT2D eigenvalue weighted by atomic mass is 16.2. The van der Waals surface area contributed by atoms with Gasteiger partial charge in [-0.05, 0) is 52.0 Å². The van der Waals surface area contributed by atoms with E-state index in [1.165, 1.54) is 4.90 Å². The maximum Gasteiger partial charge on any atom is 0.332 e. The molecule has 1 fully saturated rings. The van der Waals surface area contributed by atoms with E-state index in [4.69, 9.17) is 0 Å². The Morgan fingerprint density at radius 2 is 1.64 bits per heavy atom. The second-order valence-electron chi connectivity index (χ2n) is 7.28. The highest BCUT2D eigenvalue weighted by Crippen LogP contribution is 2.26. The zero-order valence-electron chi connectivity index (χ0n) is 16.6. The van der Waals surface area contributed by atoms with Gasteiger partial charge in [0.2, 0.25) is 5.91 Å². The Morgan fingerprint density at radius 1 is 1.04 bits per heavy atom. The summed E-state index contributed by atoms with van der Waals surface area (Å²) in [5, 5.41) is 0. The first-order chi connectivity index (χ1) is 13.3. The van der Waals surface area contributed by atoms with Crippen LogP contribution < -0.4 is 9.80 Å². The van der Waals surface area contributed by atoms with Gasteiger partial charge in [-0.2, -0.15) is 0 Å². The Bertz CT molecular complexity index is 878. The number of amides is 4. The van der Waals surface area contributed by atoms with Crippen molar-refractivity contribution in [1.29, 1.82) is 0 Å². The molecule has 0 aliphatic carbocycles. The van der Waals surface area contributed by atoms with Crippen LogP contribution in [0.25, 0.3) is 0 Å². The van der Waals surface area contributed by atoms with Crippen LogP contribution in [-0.2, 0) is 9.59 Å². The molecule has 2 aromatic carbocycles. The van der Waals surface area contributed by atoms with Gasteiger partial charge in [0.1, 0.15) is 12.6 Å². The number of nitrogens with zero attached hydrogens (tertiary/aromatic N) is 3. The number of imide groups is 1. The van der Waals surface area contributed by atoms with Crippen molar-refractivity contribution in [2.75, 3.05) is 16.3 Å². The minimum absolute atomic E-state index is 0.103. The molecular formula is C22H25N3O3. The molecule has 1 atom stereocenters. The molecule has 0 radical (unpaired) electrons. The number of rotatable bonds is 5. The molecule has 28 heavy (non-hydrogen) atoms. The predicted molar refractivity (Wildman–Crippen MR) is 109 cm³/mol. The third-order valence-corrected chi connectivity index (χ3v) is 4.87. The van der Waals surface area contributed by atoms with Gasteiger partial charge in [-0.3, -0.25) is 19.4 Å². The van der Waals surface area contributed by atoms with Gasteiger partial charge in [0.25, 0.3) is 5.91 Å². The zero-order valence-corrected chi connectivity index (χ0v) is 16.6. The molecule has 0 spiro atoms. The number of urea groups is 1. The van der Waals surface area contributed by atoms with Crippen LogP contribution in [0.5, 0.6) is 0 Å². The predicted octanol–water partition coefficient (Wildman–Crippen LogP) is 3.59. The molecule has 1 saturated heterocycles. The fraction of sp³-hybridized carbons (Fsp3) is 0.318. The van der Waals surface area contributed by atoms with Crippen LogP contribution in [0.2, 0.25) is 0 Å². The molecule has 0 unspecified atom stereocenters. The summed E-state index contributed by atoms with van der Waals surface area (Å²) in [5.41, 5.74) is 2.46. The van der Waals surface area contributed by atoms with Gasteiger partial charge in [-0.25, -0.2) is 4.79 Å². The number of carbonyl (C=O) groups is 3. The standard InChI is InChI=1S/C22H25N3O3/c1-15(2)24(18-8-6-5-7-9-18)20(26)14-23-21(27)17(4)25(22(23)28)19-12-10-16(3)11-13-19/h5-13,15,17H,14H2,1-4H3/t17-/m1/s1. The fourth-order valence-corrected chi connectivity index (χ4v) is 3.44. The summed E-state index contributed by atoms with van der Waals surface area (Å²) in [6.45, 7) is 7.16. The quantitative estimate of drug-likeness (QED) is 0.746. The average Bonchev–Trinajstić information content (AvgIpc) is 2.87. The van der Waals surface area contributed by atoms with Crippen molar-refractivity contribution < 1.29 is 14.4 Å². The second-order valence-corrected chi connectivity index (χ2v) is 7.28. The lowest BCUT2D eigenvalue weighted by atomic mass is 10.2. The van der Waals surface area contributed by atoms with Crippen molar-refractivity contribution in [3.63, 3.8) is 0 Å². The summed E-state index contributed by atoms with van der Waals surface area (Å²) in [4.78, 5) is 42.7. The number of hydrogen-bond donors (Lipinski definition) is 0. The van der Waals surface area contributed by atoms with Crippen LogP contribution in [0, 0.1) is 6.92 Å². The Labute approximate surface area is 165 Å². The number of aryl methyl sites for hydroxylation is 1.